The van der Waals surface area contributed by atoms with Crippen LogP contribution >= 0.6 is 0 Å². The second kappa shape index (κ2) is 10.4. The molecule has 34 heavy (non-hydrogen) atoms. The zero-order valence-corrected chi connectivity index (χ0v) is 20.6. The third-order valence-electron chi connectivity index (χ3n) is 6.46. The summed E-state index contributed by atoms with van der Waals surface area (Å²) in [5, 5.41) is 3.08. The van der Waals surface area contributed by atoms with Gasteiger partial charge in [-0.1, -0.05) is 61.0 Å². The van der Waals surface area contributed by atoms with E-state index in [1.165, 1.54) is 28.3 Å². The summed E-state index contributed by atoms with van der Waals surface area (Å²) >= 11 is 0. The van der Waals surface area contributed by atoms with Crippen molar-refractivity contribution >= 4 is 21.6 Å². The van der Waals surface area contributed by atoms with Gasteiger partial charge >= 0.3 is 0 Å². The quantitative estimate of drug-likeness (QED) is 0.477. The highest BCUT2D eigenvalue weighted by Gasteiger charge is 2.28. The Labute approximate surface area is 202 Å². The number of carbonyl (C=O) groups excluding carboxylic acids is 1. The van der Waals surface area contributed by atoms with Crippen molar-refractivity contribution in [2.45, 2.75) is 56.9 Å². The maximum absolute atomic E-state index is 13.5. The molecular formula is C28H32N2O3S. The Morgan fingerprint density at radius 2 is 1.62 bits per heavy atom. The molecule has 5 nitrogen and oxygen atoms in total. The predicted molar refractivity (Wildman–Crippen MR) is 136 cm³/mol. The Balaban J connectivity index is 1.57. The number of amides is 1. The summed E-state index contributed by atoms with van der Waals surface area (Å²) in [5.41, 5.74) is 5.27. The molecule has 1 aliphatic carbocycles. The lowest BCUT2D eigenvalue weighted by Gasteiger charge is -2.26. The van der Waals surface area contributed by atoms with Gasteiger partial charge in [0.25, 0.3) is 10.0 Å². The van der Waals surface area contributed by atoms with Gasteiger partial charge in [-0.2, -0.15) is 0 Å². The first-order valence-corrected chi connectivity index (χ1v) is 13.4. The molecule has 1 atom stereocenters. The van der Waals surface area contributed by atoms with Gasteiger partial charge in [0.15, 0.2) is 0 Å². The van der Waals surface area contributed by atoms with Crippen molar-refractivity contribution < 1.29 is 13.2 Å². The molecule has 3 aromatic carbocycles. The first-order valence-electron chi connectivity index (χ1n) is 11.9. The molecule has 0 saturated carbocycles. The Morgan fingerprint density at radius 3 is 2.29 bits per heavy atom. The Hall–Kier alpha value is -3.12. The number of sulfonamides is 1. The topological polar surface area (TPSA) is 66.5 Å². The SMILES string of the molecule is CC[C@H](NC(=O)CN(c1ccccc1)S(=O)(=O)c1ccc(C)cc1)c1ccc2c(c1)CCCC2. The molecule has 0 spiro atoms. The molecular weight excluding hydrogens is 444 g/mol. The molecule has 0 aliphatic heterocycles. The van der Waals surface area contributed by atoms with E-state index in [9.17, 15) is 13.2 Å². The molecule has 0 fully saturated rings. The molecule has 4 rings (SSSR count). The predicted octanol–water partition coefficient (Wildman–Crippen LogP) is 5.34. The van der Waals surface area contributed by atoms with E-state index in [-0.39, 0.29) is 23.4 Å². The molecule has 178 valence electrons. The van der Waals surface area contributed by atoms with E-state index in [0.29, 0.717) is 5.69 Å². The molecule has 1 N–H and O–H groups in total. The van der Waals surface area contributed by atoms with E-state index in [4.69, 9.17) is 0 Å². The third kappa shape index (κ3) is 5.33. The highest BCUT2D eigenvalue weighted by Crippen LogP contribution is 2.27. The summed E-state index contributed by atoms with van der Waals surface area (Å²) in [6.45, 7) is 3.65. The largest absolute Gasteiger partial charge is 0.348 e. The minimum atomic E-state index is -3.91. The van der Waals surface area contributed by atoms with Crippen molar-refractivity contribution in [1.29, 1.82) is 0 Å². The van der Waals surface area contributed by atoms with Crippen molar-refractivity contribution in [3.63, 3.8) is 0 Å². The monoisotopic (exact) mass is 476 g/mol. The molecule has 0 bridgehead atoms. The van der Waals surface area contributed by atoms with E-state index in [0.717, 1.165) is 30.4 Å². The zero-order valence-electron chi connectivity index (χ0n) is 19.8. The molecule has 1 amide bonds. The smallest absolute Gasteiger partial charge is 0.264 e. The van der Waals surface area contributed by atoms with Crippen molar-refractivity contribution in [2.75, 3.05) is 10.8 Å². The first kappa shape index (κ1) is 24.0. The van der Waals surface area contributed by atoms with Crippen LogP contribution in [0.25, 0.3) is 0 Å². The van der Waals surface area contributed by atoms with Crippen molar-refractivity contribution in [3.8, 4) is 0 Å². The number of hydrogen-bond acceptors (Lipinski definition) is 3. The molecule has 0 radical (unpaired) electrons. The van der Waals surface area contributed by atoms with Crippen LogP contribution in [0.4, 0.5) is 5.69 Å². The van der Waals surface area contributed by atoms with Gasteiger partial charge in [-0.05, 0) is 80.0 Å². The van der Waals surface area contributed by atoms with Crippen LogP contribution in [0.1, 0.15) is 54.5 Å². The molecule has 6 heteroatoms. The lowest BCUT2D eigenvalue weighted by Crippen LogP contribution is -2.42. The number of aryl methyl sites for hydroxylation is 3. The minimum Gasteiger partial charge on any atom is -0.348 e. The summed E-state index contributed by atoms with van der Waals surface area (Å²) in [6.07, 6.45) is 5.33. The summed E-state index contributed by atoms with van der Waals surface area (Å²) in [4.78, 5) is 13.3. The molecule has 1 aliphatic rings. The zero-order chi connectivity index (χ0) is 24.1. The fourth-order valence-electron chi connectivity index (χ4n) is 4.51. The van der Waals surface area contributed by atoms with Crippen LogP contribution in [0, 0.1) is 6.92 Å². The van der Waals surface area contributed by atoms with Crippen LogP contribution < -0.4 is 9.62 Å². The molecule has 0 unspecified atom stereocenters. The van der Waals surface area contributed by atoms with Gasteiger partial charge in [0, 0.05) is 0 Å². The Bertz CT molecular complexity index is 1240. The van der Waals surface area contributed by atoms with Crippen molar-refractivity contribution in [2.24, 2.45) is 0 Å². The van der Waals surface area contributed by atoms with Gasteiger partial charge in [0.05, 0.1) is 16.6 Å². The van der Waals surface area contributed by atoms with Crippen LogP contribution in [-0.2, 0) is 27.7 Å². The van der Waals surface area contributed by atoms with Gasteiger partial charge in [0.1, 0.15) is 6.54 Å². The molecule has 0 heterocycles. The van der Waals surface area contributed by atoms with Crippen molar-refractivity contribution in [1.82, 2.24) is 5.32 Å². The summed E-state index contributed by atoms with van der Waals surface area (Å²) in [5.74, 6) is -0.330. The van der Waals surface area contributed by atoms with Crippen LogP contribution in [0.3, 0.4) is 0 Å². The van der Waals surface area contributed by atoms with Crippen LogP contribution in [-0.4, -0.2) is 20.9 Å². The molecule has 3 aromatic rings. The number of nitrogens with one attached hydrogen (secondary N) is 1. The number of para-hydroxylation sites is 1. The number of benzene rings is 3. The number of nitrogens with zero attached hydrogens (tertiary/aromatic N) is 1. The van der Waals surface area contributed by atoms with E-state index < -0.39 is 10.0 Å². The lowest BCUT2D eigenvalue weighted by molar-refractivity contribution is -0.120. The second-order valence-electron chi connectivity index (χ2n) is 8.92. The number of anilines is 1. The van der Waals surface area contributed by atoms with Gasteiger partial charge < -0.3 is 5.32 Å². The standard InChI is InChI=1S/C28H32N2O3S/c1-3-27(24-16-15-22-9-7-8-10-23(22)19-24)29-28(31)20-30(25-11-5-4-6-12-25)34(32,33)26-17-13-21(2)14-18-26/h4-6,11-19,27H,3,7-10,20H2,1-2H3,(H,29,31)/t27-/m0/s1. The van der Waals surface area contributed by atoms with Crippen molar-refractivity contribution in [3.05, 3.63) is 95.1 Å². The Morgan fingerprint density at radius 1 is 0.941 bits per heavy atom. The highest BCUT2D eigenvalue weighted by molar-refractivity contribution is 7.92. The number of hydrogen-bond donors (Lipinski definition) is 1. The van der Waals surface area contributed by atoms with Gasteiger partial charge in [0.2, 0.25) is 5.91 Å². The van der Waals surface area contributed by atoms with Gasteiger partial charge in [-0.25, -0.2) is 8.42 Å². The summed E-state index contributed by atoms with van der Waals surface area (Å²) in [6, 6.07) is 21.8. The first-order chi connectivity index (χ1) is 16.4. The second-order valence-corrected chi connectivity index (χ2v) is 10.8. The van der Waals surface area contributed by atoms with Gasteiger partial charge in [-0.15, -0.1) is 0 Å². The highest BCUT2D eigenvalue weighted by atomic mass is 32.2. The normalized spacial score (nSPS) is 14.2. The Kier molecular flexibility index (Phi) is 7.37. The molecule has 0 saturated heterocycles. The van der Waals surface area contributed by atoms with Gasteiger partial charge in [-0.3, -0.25) is 9.10 Å². The fraction of sp³-hybridized carbons (Fsp3) is 0.321. The van der Waals surface area contributed by atoms with E-state index in [1.807, 2.05) is 19.9 Å². The fourth-order valence-corrected chi connectivity index (χ4v) is 5.93. The van der Waals surface area contributed by atoms with Crippen LogP contribution in [0.2, 0.25) is 0 Å². The number of rotatable bonds is 8. The van der Waals surface area contributed by atoms with E-state index >= 15 is 0 Å². The summed E-state index contributed by atoms with van der Waals surface area (Å²) in [7, 11) is -3.91. The molecule has 0 aromatic heterocycles. The lowest BCUT2D eigenvalue weighted by atomic mass is 9.89. The average Bonchev–Trinajstić information content (AvgIpc) is 2.86. The third-order valence-corrected chi connectivity index (χ3v) is 8.25. The minimum absolute atomic E-state index is 0.163. The van der Waals surface area contributed by atoms with Crippen LogP contribution in [0.5, 0.6) is 0 Å². The summed E-state index contributed by atoms with van der Waals surface area (Å²) < 4.78 is 28.2. The average molecular weight is 477 g/mol. The maximum Gasteiger partial charge on any atom is 0.264 e. The van der Waals surface area contributed by atoms with E-state index in [1.54, 1.807) is 48.5 Å². The maximum atomic E-state index is 13.5. The van der Waals surface area contributed by atoms with Crippen LogP contribution in [0.15, 0.2) is 77.7 Å². The number of carbonyl (C=O) groups is 1. The van der Waals surface area contributed by atoms with E-state index in [2.05, 4.69) is 23.5 Å². The number of fused-ring (bicyclic) bond motifs is 1.